The lowest BCUT2D eigenvalue weighted by atomic mass is 10.2. The molecule has 1 rings (SSSR count). The normalized spacial score (nSPS) is 12.3. The fraction of sp³-hybridized carbons (Fsp3) is 0.357. The van der Waals surface area contributed by atoms with E-state index < -0.39 is 30.5 Å². The lowest BCUT2D eigenvalue weighted by Gasteiger charge is -2.16. The van der Waals surface area contributed by atoms with Gasteiger partial charge >= 0.3 is 12.1 Å². The monoisotopic (exact) mass is 346 g/mol. The molecule has 0 aliphatic carbocycles. The molecule has 1 aromatic rings. The van der Waals surface area contributed by atoms with Crippen LogP contribution in [0.3, 0.4) is 0 Å². The number of hydrogen-bond acceptors (Lipinski definition) is 4. The van der Waals surface area contributed by atoms with Crippen molar-refractivity contribution >= 4 is 23.6 Å². The zero-order valence-electron chi connectivity index (χ0n) is 11.8. The maximum Gasteiger partial charge on any atom is 0.391 e. The molecule has 2 N–H and O–H groups in total. The molecule has 1 aromatic carbocycles. The number of nitriles is 1. The maximum atomic E-state index is 12.2. The van der Waals surface area contributed by atoms with Gasteiger partial charge in [0, 0.05) is 5.75 Å². The minimum absolute atomic E-state index is 0.165. The molecule has 0 aliphatic rings. The zero-order chi connectivity index (χ0) is 17.5. The third-order valence-corrected chi connectivity index (χ3v) is 3.66. The third-order valence-electron chi connectivity index (χ3n) is 2.65. The number of nitrogens with zero attached hydrogens (tertiary/aromatic N) is 1. The molecule has 1 unspecified atom stereocenters. The lowest BCUT2D eigenvalue weighted by Crippen LogP contribution is -2.44. The van der Waals surface area contributed by atoms with Crippen LogP contribution in [0.2, 0.25) is 0 Å². The summed E-state index contributed by atoms with van der Waals surface area (Å²) in [7, 11) is 0. The van der Waals surface area contributed by atoms with Gasteiger partial charge in [0.15, 0.2) is 0 Å². The molecular formula is C14H13F3N2O3S. The van der Waals surface area contributed by atoms with E-state index in [2.05, 4.69) is 0 Å². The molecule has 0 fully saturated rings. The molecule has 0 radical (unpaired) electrons. The molecule has 1 atom stereocenters. The molecule has 23 heavy (non-hydrogen) atoms. The van der Waals surface area contributed by atoms with Gasteiger partial charge in [-0.1, -0.05) is 12.1 Å². The highest BCUT2D eigenvalue weighted by Crippen LogP contribution is 2.21. The highest BCUT2D eigenvalue weighted by molar-refractivity contribution is 7.99. The van der Waals surface area contributed by atoms with Gasteiger partial charge in [-0.05, 0) is 17.7 Å². The summed E-state index contributed by atoms with van der Waals surface area (Å²) >= 11 is 1.13. The summed E-state index contributed by atoms with van der Waals surface area (Å²) in [5, 5.41) is 19.2. The number of carboxylic acid groups (broad SMARTS) is 1. The van der Waals surface area contributed by atoms with Gasteiger partial charge in [0.25, 0.3) is 0 Å². The first-order valence-electron chi connectivity index (χ1n) is 6.37. The van der Waals surface area contributed by atoms with Crippen LogP contribution < -0.4 is 5.32 Å². The quantitative estimate of drug-likeness (QED) is 0.791. The molecule has 124 valence electrons. The molecule has 0 saturated heterocycles. The van der Waals surface area contributed by atoms with Gasteiger partial charge in [-0.2, -0.15) is 18.4 Å². The van der Waals surface area contributed by atoms with Crippen molar-refractivity contribution in [3.63, 3.8) is 0 Å². The van der Waals surface area contributed by atoms with Gasteiger partial charge in [0.2, 0.25) is 5.91 Å². The number of nitrogens with one attached hydrogen (secondary N) is 1. The number of aliphatic carboxylic acids is 1. The lowest BCUT2D eigenvalue weighted by molar-refractivity contribution is -0.159. The summed E-state index contributed by atoms with van der Waals surface area (Å²) in [6.07, 6.45) is -6.29. The van der Waals surface area contributed by atoms with Crippen molar-refractivity contribution in [1.82, 2.24) is 5.32 Å². The molecular weight excluding hydrogens is 333 g/mol. The van der Waals surface area contributed by atoms with Crippen LogP contribution in [-0.4, -0.2) is 35.0 Å². The number of alkyl halides is 3. The van der Waals surface area contributed by atoms with E-state index in [0.717, 1.165) is 17.3 Å². The second-order valence-electron chi connectivity index (χ2n) is 4.58. The number of benzene rings is 1. The van der Waals surface area contributed by atoms with Crippen LogP contribution in [0, 0.1) is 11.3 Å². The van der Waals surface area contributed by atoms with Crippen molar-refractivity contribution in [1.29, 1.82) is 5.26 Å². The number of rotatable bonds is 7. The zero-order valence-corrected chi connectivity index (χ0v) is 12.6. The van der Waals surface area contributed by atoms with Crippen molar-refractivity contribution < 1.29 is 27.9 Å². The number of carboxylic acids is 1. The van der Waals surface area contributed by atoms with E-state index in [1.165, 1.54) is 0 Å². The van der Waals surface area contributed by atoms with E-state index in [9.17, 15) is 22.8 Å². The average molecular weight is 346 g/mol. The van der Waals surface area contributed by atoms with Crippen molar-refractivity contribution in [2.24, 2.45) is 0 Å². The Morgan fingerprint density at radius 2 is 1.91 bits per heavy atom. The first-order valence-corrected chi connectivity index (χ1v) is 7.52. The largest absolute Gasteiger partial charge is 0.480 e. The summed E-state index contributed by atoms with van der Waals surface area (Å²) in [5.41, 5.74) is 1.33. The van der Waals surface area contributed by atoms with Gasteiger partial charge in [-0.25, -0.2) is 4.79 Å². The Morgan fingerprint density at radius 3 is 2.39 bits per heavy atom. The van der Waals surface area contributed by atoms with Crippen LogP contribution in [0.4, 0.5) is 13.2 Å². The number of thioether (sulfide) groups is 1. The van der Waals surface area contributed by atoms with Crippen LogP contribution in [0.15, 0.2) is 24.3 Å². The van der Waals surface area contributed by atoms with E-state index >= 15 is 0 Å². The Labute approximate surface area is 134 Å². The molecule has 0 aromatic heterocycles. The summed E-state index contributed by atoms with van der Waals surface area (Å²) in [4.78, 5) is 22.2. The Hall–Kier alpha value is -2.21. The molecule has 0 heterocycles. The van der Waals surface area contributed by atoms with Crippen LogP contribution in [0.5, 0.6) is 0 Å². The van der Waals surface area contributed by atoms with Crippen LogP contribution in [0.25, 0.3) is 0 Å². The minimum atomic E-state index is -4.67. The van der Waals surface area contributed by atoms with Crippen LogP contribution >= 0.6 is 11.8 Å². The van der Waals surface area contributed by atoms with Crippen LogP contribution in [0.1, 0.15) is 17.5 Å². The SMILES string of the molecule is N#Cc1ccc(CSCC(=O)NC(CC(F)(F)F)C(=O)O)cc1. The molecule has 0 spiro atoms. The predicted molar refractivity (Wildman–Crippen MR) is 77.6 cm³/mol. The third kappa shape index (κ3) is 7.56. The van der Waals surface area contributed by atoms with Gasteiger partial charge in [0.1, 0.15) is 6.04 Å². The number of carbonyl (C=O) groups is 2. The van der Waals surface area contributed by atoms with Crippen molar-refractivity contribution in [3.8, 4) is 6.07 Å². The molecule has 0 saturated carbocycles. The van der Waals surface area contributed by atoms with E-state index in [0.29, 0.717) is 11.3 Å². The Kier molecular flexibility index (Phi) is 6.90. The molecule has 0 aliphatic heterocycles. The Morgan fingerprint density at radius 1 is 1.30 bits per heavy atom. The number of halogens is 3. The Bertz CT molecular complexity index is 597. The van der Waals surface area contributed by atoms with Gasteiger partial charge in [-0.3, -0.25) is 4.79 Å². The molecule has 0 bridgehead atoms. The molecule has 9 heteroatoms. The van der Waals surface area contributed by atoms with E-state index in [4.69, 9.17) is 10.4 Å². The highest BCUT2D eigenvalue weighted by atomic mass is 32.2. The number of carbonyl (C=O) groups excluding carboxylic acids is 1. The summed E-state index contributed by atoms with van der Waals surface area (Å²) in [6, 6.07) is 6.60. The fourth-order valence-corrected chi connectivity index (χ4v) is 2.40. The minimum Gasteiger partial charge on any atom is -0.480 e. The molecule has 1 amide bonds. The summed E-state index contributed by atoms with van der Waals surface area (Å²) in [6.45, 7) is 0. The van der Waals surface area contributed by atoms with Crippen molar-refractivity contribution in [2.45, 2.75) is 24.4 Å². The summed E-state index contributed by atoms with van der Waals surface area (Å²) < 4.78 is 36.6. The predicted octanol–water partition coefficient (Wildman–Crippen LogP) is 2.31. The van der Waals surface area contributed by atoms with Crippen molar-refractivity contribution in [3.05, 3.63) is 35.4 Å². The number of hydrogen-bond donors (Lipinski definition) is 2. The second kappa shape index (κ2) is 8.43. The van der Waals surface area contributed by atoms with Gasteiger partial charge in [0.05, 0.1) is 23.8 Å². The van der Waals surface area contributed by atoms with E-state index in [1.807, 2.05) is 11.4 Å². The number of amides is 1. The van der Waals surface area contributed by atoms with Crippen molar-refractivity contribution in [2.75, 3.05) is 5.75 Å². The van der Waals surface area contributed by atoms with E-state index in [1.54, 1.807) is 24.3 Å². The van der Waals surface area contributed by atoms with Gasteiger partial charge < -0.3 is 10.4 Å². The molecule has 5 nitrogen and oxygen atoms in total. The standard InChI is InChI=1S/C14H13F3N2O3S/c15-14(16,17)5-11(13(21)22)19-12(20)8-23-7-10-3-1-9(6-18)2-4-10/h1-4,11H,5,7-8H2,(H,19,20)(H,21,22). The van der Waals surface area contributed by atoms with Gasteiger partial charge in [-0.15, -0.1) is 11.8 Å². The van der Waals surface area contributed by atoms with Crippen LogP contribution in [-0.2, 0) is 15.3 Å². The first-order chi connectivity index (χ1) is 10.7. The smallest absolute Gasteiger partial charge is 0.391 e. The first kappa shape index (κ1) is 18.8. The fourth-order valence-electron chi connectivity index (χ4n) is 1.60. The maximum absolute atomic E-state index is 12.2. The topological polar surface area (TPSA) is 90.2 Å². The second-order valence-corrected chi connectivity index (χ2v) is 5.56. The average Bonchev–Trinajstić information content (AvgIpc) is 2.46. The summed E-state index contributed by atoms with van der Waals surface area (Å²) in [5.74, 6) is -2.26. The highest BCUT2D eigenvalue weighted by Gasteiger charge is 2.36. The Balaban J connectivity index is 2.43. The van der Waals surface area contributed by atoms with E-state index in [-0.39, 0.29) is 5.75 Å².